The van der Waals surface area contributed by atoms with Crippen LogP contribution in [0.5, 0.6) is 23.0 Å². The fraction of sp³-hybridized carbons (Fsp3) is 0.280. The number of pyridine rings is 2. The first-order chi connectivity index (χ1) is 31.7. The smallest absolute Gasteiger partial charge is 0.355 e. The second-order valence-corrected chi connectivity index (χ2v) is 16.4. The average molecular weight is 898 g/mol. The molecule has 66 heavy (non-hydrogen) atoms. The molecule has 0 bridgehead atoms. The second kappa shape index (κ2) is 18.1. The Morgan fingerprint density at radius 2 is 1.61 bits per heavy atom. The summed E-state index contributed by atoms with van der Waals surface area (Å²) in [5.74, 6) is -0.463. The van der Waals surface area contributed by atoms with Gasteiger partial charge in [0.15, 0.2) is 22.9 Å². The topological polar surface area (TPSA) is 143 Å². The molecule has 1 saturated heterocycles. The fourth-order valence-electron chi connectivity index (χ4n) is 8.68. The molecular weight excluding hydrogens is 849 g/mol. The Labute approximate surface area is 379 Å². The van der Waals surface area contributed by atoms with Gasteiger partial charge in [-0.1, -0.05) is 32.6 Å². The number of hydrogen-bond donors (Lipinski definition) is 0. The maximum atomic E-state index is 16.3. The van der Waals surface area contributed by atoms with E-state index in [9.17, 15) is 14.4 Å². The Hall–Kier alpha value is -7.62. The van der Waals surface area contributed by atoms with Crippen molar-refractivity contribution >= 4 is 39.4 Å². The molecule has 8 rings (SSSR count). The molecule has 340 valence electrons. The molecule has 0 radical (unpaired) electrons. The third-order valence-electron chi connectivity index (χ3n) is 12.0. The summed E-state index contributed by atoms with van der Waals surface area (Å²) in [7, 11) is 5.98. The van der Waals surface area contributed by atoms with Crippen LogP contribution in [0.1, 0.15) is 53.9 Å². The van der Waals surface area contributed by atoms with E-state index < -0.39 is 23.4 Å². The van der Waals surface area contributed by atoms with Crippen molar-refractivity contribution in [2.24, 2.45) is 0 Å². The van der Waals surface area contributed by atoms with Gasteiger partial charge >= 0.3 is 5.69 Å². The van der Waals surface area contributed by atoms with Crippen LogP contribution in [0, 0.1) is 18.6 Å². The van der Waals surface area contributed by atoms with Crippen LogP contribution in [-0.4, -0.2) is 94.8 Å². The quantitative estimate of drug-likeness (QED) is 0.0819. The van der Waals surface area contributed by atoms with Crippen LogP contribution in [0.2, 0.25) is 0 Å². The van der Waals surface area contributed by atoms with E-state index in [-0.39, 0.29) is 77.5 Å². The molecule has 1 aliphatic rings. The summed E-state index contributed by atoms with van der Waals surface area (Å²) >= 11 is 0. The lowest BCUT2D eigenvalue weighted by Crippen LogP contribution is -2.54. The number of fused-ring (bicyclic) bond motifs is 2. The van der Waals surface area contributed by atoms with Crippen molar-refractivity contribution in [1.82, 2.24) is 29.0 Å². The van der Waals surface area contributed by atoms with Crippen molar-refractivity contribution in [2.75, 3.05) is 53.0 Å². The number of nitrogens with zero attached hydrogens (tertiary/aromatic N) is 7. The van der Waals surface area contributed by atoms with Gasteiger partial charge in [-0.25, -0.2) is 23.1 Å². The summed E-state index contributed by atoms with van der Waals surface area (Å²) in [6, 6.07) is 16.9. The zero-order chi connectivity index (χ0) is 47.1. The van der Waals surface area contributed by atoms with Crippen molar-refractivity contribution in [3.63, 3.8) is 0 Å². The van der Waals surface area contributed by atoms with E-state index in [2.05, 4.69) is 21.5 Å². The third kappa shape index (κ3) is 7.96. The van der Waals surface area contributed by atoms with Gasteiger partial charge in [0.25, 0.3) is 5.91 Å². The van der Waals surface area contributed by atoms with Crippen LogP contribution in [-0.2, 0) is 11.3 Å². The number of anilines is 1. The molecule has 1 atom stereocenters. The largest absolute Gasteiger partial charge is 0.497 e. The number of piperazine rings is 1. The fourth-order valence-corrected chi connectivity index (χ4v) is 8.68. The number of carbonyl (C=O) groups excluding carboxylic acids is 2. The van der Waals surface area contributed by atoms with E-state index in [0.717, 1.165) is 5.56 Å². The summed E-state index contributed by atoms with van der Waals surface area (Å²) in [5.41, 5.74) is 2.47. The van der Waals surface area contributed by atoms with E-state index in [4.69, 9.17) is 18.9 Å². The van der Waals surface area contributed by atoms with Crippen LogP contribution >= 0.6 is 0 Å². The van der Waals surface area contributed by atoms with Gasteiger partial charge in [-0.15, -0.1) is 0 Å². The summed E-state index contributed by atoms with van der Waals surface area (Å²) in [6.07, 6.45) is 3.35. The maximum Gasteiger partial charge on any atom is 0.355 e. The van der Waals surface area contributed by atoms with Crippen molar-refractivity contribution in [3.05, 3.63) is 136 Å². The lowest BCUT2D eigenvalue weighted by molar-refractivity contribution is -0.128. The van der Waals surface area contributed by atoms with Gasteiger partial charge in [-0.05, 0) is 73.9 Å². The highest BCUT2D eigenvalue weighted by Crippen LogP contribution is 2.40. The standard InChI is InChI=1S/C50H49F2N7O7/c1-27(2)42-44(28(3)16-17-53-42)59-48-35(23-38(52)43(54-48)34-12-10-11-13-37(34)51)47(55-50(59)62)58-19-18-56(25-30(58)5)49(61)29(4)24-57-26-36(33-15-14-32(63-6)22-39(33)57)45(60)31-20-40(64-7)46(66-9)41(21-31)65-8/h10-17,20-23,26-27,30H,4,18-19,24-25H2,1-3,5-9H3/t30-/m0/s1. The number of hydrogen-bond acceptors (Lipinski definition) is 11. The monoisotopic (exact) mass is 897 g/mol. The van der Waals surface area contributed by atoms with E-state index >= 15 is 8.78 Å². The van der Waals surface area contributed by atoms with E-state index in [1.54, 1.807) is 71.4 Å². The predicted molar refractivity (Wildman–Crippen MR) is 248 cm³/mol. The highest BCUT2D eigenvalue weighted by molar-refractivity contribution is 6.17. The first kappa shape index (κ1) is 45.0. The van der Waals surface area contributed by atoms with Gasteiger partial charge in [-0.3, -0.25) is 14.6 Å². The highest BCUT2D eigenvalue weighted by Gasteiger charge is 2.33. The Morgan fingerprint density at radius 3 is 2.26 bits per heavy atom. The van der Waals surface area contributed by atoms with Crippen LogP contribution in [0.25, 0.3) is 38.9 Å². The second-order valence-electron chi connectivity index (χ2n) is 16.4. The molecule has 0 unspecified atom stereocenters. The minimum Gasteiger partial charge on any atom is -0.497 e. The van der Waals surface area contributed by atoms with Crippen molar-refractivity contribution in [3.8, 4) is 39.9 Å². The number of aryl methyl sites for hydroxylation is 1. The highest BCUT2D eigenvalue weighted by atomic mass is 19.1. The van der Waals surface area contributed by atoms with E-state index in [0.29, 0.717) is 56.4 Å². The predicted octanol–water partition coefficient (Wildman–Crippen LogP) is 8.07. The van der Waals surface area contributed by atoms with Crippen molar-refractivity contribution < 1.29 is 37.3 Å². The molecule has 0 spiro atoms. The molecule has 1 fully saturated rings. The molecule has 1 amide bonds. The number of halogens is 2. The lowest BCUT2D eigenvalue weighted by atomic mass is 10.0. The molecule has 0 N–H and O–H groups in total. The molecular formula is C50H49F2N7O7. The summed E-state index contributed by atoms with van der Waals surface area (Å²) in [5, 5.41) is 0.859. The first-order valence-electron chi connectivity index (χ1n) is 21.3. The summed E-state index contributed by atoms with van der Waals surface area (Å²) in [4.78, 5) is 60.2. The Bertz CT molecular complexity index is 3120. The maximum absolute atomic E-state index is 16.3. The lowest BCUT2D eigenvalue weighted by Gasteiger charge is -2.41. The molecule has 4 aromatic heterocycles. The van der Waals surface area contributed by atoms with E-state index in [1.165, 1.54) is 50.2 Å². The number of benzene rings is 3. The Morgan fingerprint density at radius 1 is 0.879 bits per heavy atom. The number of methoxy groups -OCH3 is 4. The normalized spacial score (nSPS) is 14.0. The SMILES string of the molecule is C=C(Cn1cc(C(=O)c2cc(OC)c(OC)c(OC)c2)c2ccc(OC)cc21)C(=O)N1CCN(c2nc(=O)n(-c3c(C)ccnc3C(C)C)c3nc(-c4ccccc4F)c(F)cc23)[C@@H](C)C1. The van der Waals surface area contributed by atoms with Crippen molar-refractivity contribution in [2.45, 2.75) is 46.2 Å². The van der Waals surface area contributed by atoms with Crippen LogP contribution < -0.4 is 29.5 Å². The Balaban J connectivity index is 1.11. The number of ketones is 1. The zero-order valence-electron chi connectivity index (χ0n) is 37.9. The molecule has 5 heterocycles. The zero-order valence-corrected chi connectivity index (χ0v) is 37.9. The number of ether oxygens (including phenoxy) is 4. The molecule has 0 saturated carbocycles. The minimum atomic E-state index is -0.797. The van der Waals surface area contributed by atoms with Crippen LogP contribution in [0.3, 0.4) is 0 Å². The van der Waals surface area contributed by atoms with Crippen molar-refractivity contribution in [1.29, 1.82) is 0 Å². The molecule has 14 nitrogen and oxygen atoms in total. The van der Waals surface area contributed by atoms with Gasteiger partial charge < -0.3 is 33.3 Å². The molecule has 3 aromatic carbocycles. The summed E-state index contributed by atoms with van der Waals surface area (Å²) < 4.78 is 56.6. The number of rotatable bonds is 13. The average Bonchev–Trinajstić information content (AvgIpc) is 3.67. The van der Waals surface area contributed by atoms with Crippen LogP contribution in [0.4, 0.5) is 14.6 Å². The summed E-state index contributed by atoms with van der Waals surface area (Å²) in [6.45, 7) is 12.5. The minimum absolute atomic E-state index is 0.0471. The number of aromatic nitrogens is 5. The van der Waals surface area contributed by atoms with E-state index in [1.807, 2.05) is 32.6 Å². The molecule has 1 aliphatic heterocycles. The molecule has 0 aliphatic carbocycles. The molecule has 7 aromatic rings. The van der Waals surface area contributed by atoms with Gasteiger partial charge in [0.2, 0.25) is 5.75 Å². The van der Waals surface area contributed by atoms with Crippen LogP contribution in [0.15, 0.2) is 96.1 Å². The van der Waals surface area contributed by atoms with Gasteiger partial charge in [0.1, 0.15) is 28.9 Å². The number of carbonyl (C=O) groups is 2. The van der Waals surface area contributed by atoms with Gasteiger partial charge in [0, 0.05) is 71.8 Å². The van der Waals surface area contributed by atoms with Gasteiger partial charge in [0.05, 0.1) is 57.3 Å². The third-order valence-corrected chi connectivity index (χ3v) is 12.0. The first-order valence-corrected chi connectivity index (χ1v) is 21.3. The number of amides is 1. The Kier molecular flexibility index (Phi) is 12.3. The molecule has 16 heteroatoms. The van der Waals surface area contributed by atoms with Gasteiger partial charge in [-0.2, -0.15) is 4.98 Å².